The number of aliphatic imine (C=N–C) groups is 1. The average Bonchev–Trinajstić information content (AvgIpc) is 2.57. The van der Waals surface area contributed by atoms with Crippen LogP contribution >= 0.6 is 24.0 Å². The smallest absolute Gasteiger partial charge is 0.191 e. The van der Waals surface area contributed by atoms with Crippen LogP contribution in [-0.4, -0.2) is 32.8 Å². The minimum atomic E-state index is 0. The highest BCUT2D eigenvalue weighted by Gasteiger charge is 2.06. The van der Waals surface area contributed by atoms with Crippen LogP contribution in [0.2, 0.25) is 0 Å². The van der Waals surface area contributed by atoms with Crippen molar-refractivity contribution < 1.29 is 9.47 Å². The molecule has 0 bridgehead atoms. The maximum absolute atomic E-state index is 5.52. The first-order valence-corrected chi connectivity index (χ1v) is 8.36. The van der Waals surface area contributed by atoms with E-state index in [0.29, 0.717) is 24.0 Å². The maximum Gasteiger partial charge on any atom is 0.191 e. The van der Waals surface area contributed by atoms with Gasteiger partial charge in [-0.3, -0.25) is 0 Å². The van der Waals surface area contributed by atoms with E-state index >= 15 is 0 Å². The lowest BCUT2D eigenvalue weighted by Gasteiger charge is -2.13. The molecule has 0 unspecified atom stereocenters. The van der Waals surface area contributed by atoms with Crippen LogP contribution in [0.5, 0.6) is 11.5 Å². The Morgan fingerprint density at radius 3 is 2.64 bits per heavy atom. The summed E-state index contributed by atoms with van der Waals surface area (Å²) in [6.45, 7) is 8.96. The van der Waals surface area contributed by atoms with Crippen LogP contribution in [0, 0.1) is 18.3 Å². The minimum absolute atomic E-state index is 0. The van der Waals surface area contributed by atoms with E-state index in [2.05, 4.69) is 42.3 Å². The summed E-state index contributed by atoms with van der Waals surface area (Å²) in [6.07, 6.45) is 6.36. The van der Waals surface area contributed by atoms with E-state index in [1.807, 2.05) is 18.2 Å². The molecule has 0 aliphatic rings. The van der Waals surface area contributed by atoms with Crippen molar-refractivity contribution in [1.82, 2.24) is 10.6 Å². The number of halogens is 1. The maximum atomic E-state index is 5.52. The molecule has 6 heteroatoms. The molecule has 0 fully saturated rings. The molecule has 0 heterocycles. The number of methoxy groups -OCH3 is 1. The van der Waals surface area contributed by atoms with E-state index in [9.17, 15) is 0 Å². The molecule has 25 heavy (non-hydrogen) atoms. The highest BCUT2D eigenvalue weighted by Crippen LogP contribution is 2.28. The number of nitrogens with zero attached hydrogens (tertiary/aromatic N) is 1. The Morgan fingerprint density at radius 1 is 1.28 bits per heavy atom. The van der Waals surface area contributed by atoms with Gasteiger partial charge in [0.05, 0.1) is 13.7 Å². The molecule has 2 N–H and O–H groups in total. The highest BCUT2D eigenvalue weighted by atomic mass is 127. The summed E-state index contributed by atoms with van der Waals surface area (Å²) in [5.74, 6) is 5.25. The fourth-order valence-corrected chi connectivity index (χ4v) is 2.04. The number of hydrogen-bond donors (Lipinski definition) is 2. The predicted molar refractivity (Wildman–Crippen MR) is 115 cm³/mol. The zero-order chi connectivity index (χ0) is 17.8. The number of nitrogens with one attached hydrogen (secondary N) is 2. The zero-order valence-electron chi connectivity index (χ0n) is 15.6. The molecule has 0 radical (unpaired) electrons. The molecule has 1 rings (SSSR count). The van der Waals surface area contributed by atoms with Crippen molar-refractivity contribution in [2.75, 3.05) is 26.8 Å². The van der Waals surface area contributed by atoms with Gasteiger partial charge >= 0.3 is 0 Å². The number of hydrogen-bond acceptors (Lipinski definition) is 3. The van der Waals surface area contributed by atoms with Gasteiger partial charge in [-0.2, -0.15) is 0 Å². The van der Waals surface area contributed by atoms with Gasteiger partial charge in [-0.05, 0) is 37.0 Å². The average molecular weight is 459 g/mol. The van der Waals surface area contributed by atoms with Gasteiger partial charge in [0.2, 0.25) is 0 Å². The topological polar surface area (TPSA) is 54.9 Å². The predicted octanol–water partition coefficient (Wildman–Crippen LogP) is 3.43. The molecule has 0 amide bonds. The SMILES string of the molecule is C#CCOc1cc(CN=C(NCC)NCCC(C)C)ccc1OC.I. The van der Waals surface area contributed by atoms with Crippen LogP contribution in [0.4, 0.5) is 0 Å². The Labute approximate surface area is 169 Å². The third-order valence-corrected chi connectivity index (χ3v) is 3.32. The number of benzene rings is 1. The van der Waals surface area contributed by atoms with E-state index in [4.69, 9.17) is 15.9 Å². The molecular weight excluding hydrogens is 429 g/mol. The molecule has 0 aliphatic carbocycles. The van der Waals surface area contributed by atoms with Gasteiger partial charge in [-0.25, -0.2) is 4.99 Å². The van der Waals surface area contributed by atoms with Crippen molar-refractivity contribution in [2.45, 2.75) is 33.7 Å². The largest absolute Gasteiger partial charge is 0.493 e. The van der Waals surface area contributed by atoms with Gasteiger partial charge in [-0.15, -0.1) is 30.4 Å². The normalized spacial score (nSPS) is 10.6. The van der Waals surface area contributed by atoms with Crippen molar-refractivity contribution in [3.63, 3.8) is 0 Å². The Morgan fingerprint density at radius 2 is 2.04 bits per heavy atom. The van der Waals surface area contributed by atoms with E-state index in [0.717, 1.165) is 31.0 Å². The molecule has 140 valence electrons. The van der Waals surface area contributed by atoms with E-state index in [-0.39, 0.29) is 30.6 Å². The van der Waals surface area contributed by atoms with Gasteiger partial charge in [-0.1, -0.05) is 25.8 Å². The van der Waals surface area contributed by atoms with Gasteiger partial charge in [0, 0.05) is 13.1 Å². The van der Waals surface area contributed by atoms with Gasteiger partial charge in [0.15, 0.2) is 17.5 Å². The highest BCUT2D eigenvalue weighted by molar-refractivity contribution is 14.0. The molecule has 0 atom stereocenters. The summed E-state index contributed by atoms with van der Waals surface area (Å²) in [6, 6.07) is 5.76. The molecular formula is C19H30IN3O2. The van der Waals surface area contributed by atoms with Crippen molar-refractivity contribution in [3.05, 3.63) is 23.8 Å². The molecule has 0 saturated heterocycles. The van der Waals surface area contributed by atoms with Crippen LogP contribution in [-0.2, 0) is 6.54 Å². The molecule has 1 aromatic carbocycles. The van der Waals surface area contributed by atoms with Crippen LogP contribution in [0.3, 0.4) is 0 Å². The van der Waals surface area contributed by atoms with Crippen molar-refractivity contribution in [3.8, 4) is 23.8 Å². The number of terminal acetylenes is 1. The third kappa shape index (κ3) is 9.44. The molecule has 0 saturated carbocycles. The van der Waals surface area contributed by atoms with Crippen LogP contribution in [0.1, 0.15) is 32.8 Å². The van der Waals surface area contributed by atoms with Gasteiger partial charge in [0.1, 0.15) is 6.61 Å². The number of ether oxygens (including phenoxy) is 2. The second kappa shape index (κ2) is 13.6. The summed E-state index contributed by atoms with van der Waals surface area (Å²) < 4.78 is 10.8. The quantitative estimate of drug-likeness (QED) is 0.257. The zero-order valence-corrected chi connectivity index (χ0v) is 17.9. The van der Waals surface area contributed by atoms with E-state index in [1.54, 1.807) is 7.11 Å². The van der Waals surface area contributed by atoms with Crippen molar-refractivity contribution >= 4 is 29.9 Å². The van der Waals surface area contributed by atoms with E-state index < -0.39 is 0 Å². The number of guanidine groups is 1. The molecule has 0 spiro atoms. The summed E-state index contributed by atoms with van der Waals surface area (Å²) in [7, 11) is 1.61. The van der Waals surface area contributed by atoms with Crippen LogP contribution < -0.4 is 20.1 Å². The van der Waals surface area contributed by atoms with Crippen molar-refractivity contribution in [1.29, 1.82) is 0 Å². The fourth-order valence-electron chi connectivity index (χ4n) is 2.04. The van der Waals surface area contributed by atoms with Crippen LogP contribution in [0.15, 0.2) is 23.2 Å². The Hall–Kier alpha value is -1.62. The lowest BCUT2D eigenvalue weighted by molar-refractivity contribution is 0.330. The first-order chi connectivity index (χ1) is 11.6. The van der Waals surface area contributed by atoms with Gasteiger partial charge < -0.3 is 20.1 Å². The summed E-state index contributed by atoms with van der Waals surface area (Å²) in [5, 5.41) is 6.60. The lowest BCUT2D eigenvalue weighted by atomic mass is 10.1. The minimum Gasteiger partial charge on any atom is -0.493 e. The fraction of sp³-hybridized carbons (Fsp3) is 0.526. The summed E-state index contributed by atoms with van der Waals surface area (Å²) in [4.78, 5) is 4.62. The Balaban J connectivity index is 0.00000576. The second-order valence-corrected chi connectivity index (χ2v) is 5.78. The Bertz CT molecular complexity index is 568. The third-order valence-electron chi connectivity index (χ3n) is 3.32. The lowest BCUT2D eigenvalue weighted by Crippen LogP contribution is -2.38. The second-order valence-electron chi connectivity index (χ2n) is 5.78. The van der Waals surface area contributed by atoms with Gasteiger partial charge in [0.25, 0.3) is 0 Å². The standard InChI is InChI=1S/C19H29N3O2.HI/c1-6-12-24-18-13-16(8-9-17(18)23-5)14-22-19(20-7-2)21-11-10-15(3)4;/h1,8-9,13,15H,7,10-12,14H2,2-5H3,(H2,20,21,22);1H. The number of rotatable bonds is 9. The molecule has 0 aromatic heterocycles. The van der Waals surface area contributed by atoms with Crippen LogP contribution in [0.25, 0.3) is 0 Å². The summed E-state index contributed by atoms with van der Waals surface area (Å²) >= 11 is 0. The monoisotopic (exact) mass is 459 g/mol. The molecule has 5 nitrogen and oxygen atoms in total. The first-order valence-electron chi connectivity index (χ1n) is 8.36. The Kier molecular flexibility index (Phi) is 12.8. The van der Waals surface area contributed by atoms with E-state index in [1.165, 1.54) is 0 Å². The summed E-state index contributed by atoms with van der Waals surface area (Å²) in [5.41, 5.74) is 1.03. The van der Waals surface area contributed by atoms with Crippen molar-refractivity contribution in [2.24, 2.45) is 10.9 Å². The molecule has 1 aromatic rings. The molecule has 0 aliphatic heterocycles. The first kappa shape index (κ1) is 23.4.